The van der Waals surface area contributed by atoms with Crippen LogP contribution in [0.25, 0.3) is 0 Å². The van der Waals surface area contributed by atoms with E-state index in [-0.39, 0.29) is 5.91 Å². The Labute approximate surface area is 126 Å². The number of hydrogen-bond acceptors (Lipinski definition) is 2. The van der Waals surface area contributed by atoms with Crippen molar-refractivity contribution in [3.8, 4) is 0 Å². The minimum atomic E-state index is 0.121. The van der Waals surface area contributed by atoms with Crippen molar-refractivity contribution in [2.75, 3.05) is 19.4 Å². The summed E-state index contributed by atoms with van der Waals surface area (Å²) < 4.78 is 0. The van der Waals surface area contributed by atoms with Crippen molar-refractivity contribution in [3.05, 3.63) is 65.2 Å². The van der Waals surface area contributed by atoms with Crippen LogP contribution in [0.3, 0.4) is 0 Å². The Morgan fingerprint density at radius 2 is 1.52 bits per heavy atom. The number of benzene rings is 2. The molecular weight excluding hydrogens is 260 g/mol. The number of nitrogens with zero attached hydrogens (tertiary/aromatic N) is 1. The molecule has 2 aromatic rings. The normalized spacial score (nSPS) is 10.2. The predicted molar refractivity (Wildman–Crippen MR) is 87.3 cm³/mol. The Hall–Kier alpha value is -2.29. The largest absolute Gasteiger partial charge is 0.381 e. The van der Waals surface area contributed by atoms with Gasteiger partial charge in [-0.25, -0.2) is 0 Å². The zero-order valence-corrected chi connectivity index (χ0v) is 12.9. The average molecular weight is 282 g/mol. The summed E-state index contributed by atoms with van der Waals surface area (Å²) in [5.74, 6) is 0.121. The minimum Gasteiger partial charge on any atom is -0.381 e. The molecule has 0 spiro atoms. The molecule has 0 unspecified atom stereocenters. The quantitative estimate of drug-likeness (QED) is 0.913. The van der Waals surface area contributed by atoms with Crippen LogP contribution >= 0.6 is 0 Å². The first kappa shape index (κ1) is 15.1. The summed E-state index contributed by atoms with van der Waals surface area (Å²) in [5.41, 5.74) is 4.63. The second kappa shape index (κ2) is 6.93. The van der Waals surface area contributed by atoms with Crippen molar-refractivity contribution in [1.82, 2.24) is 4.90 Å². The smallest absolute Gasteiger partial charge is 0.226 e. The Morgan fingerprint density at radius 3 is 2.10 bits per heavy atom. The number of carbonyl (C=O) groups is 1. The maximum absolute atomic E-state index is 11.6. The highest BCUT2D eigenvalue weighted by Gasteiger charge is 2.05. The number of anilines is 1. The van der Waals surface area contributed by atoms with E-state index in [1.54, 1.807) is 19.0 Å². The number of nitrogens with one attached hydrogen (secondary N) is 1. The highest BCUT2D eigenvalue weighted by atomic mass is 16.2. The van der Waals surface area contributed by atoms with Gasteiger partial charge < -0.3 is 10.2 Å². The lowest BCUT2D eigenvalue weighted by Crippen LogP contribution is -2.23. The molecule has 0 atom stereocenters. The van der Waals surface area contributed by atoms with E-state index in [2.05, 4.69) is 36.5 Å². The molecule has 0 aromatic heterocycles. The van der Waals surface area contributed by atoms with Crippen LogP contribution in [-0.2, 0) is 17.8 Å². The van der Waals surface area contributed by atoms with E-state index in [4.69, 9.17) is 0 Å². The summed E-state index contributed by atoms with van der Waals surface area (Å²) in [4.78, 5) is 13.3. The summed E-state index contributed by atoms with van der Waals surface area (Å²) in [6.45, 7) is 2.89. The summed E-state index contributed by atoms with van der Waals surface area (Å²) >= 11 is 0. The minimum absolute atomic E-state index is 0.121. The third-order valence-corrected chi connectivity index (χ3v) is 3.43. The van der Waals surface area contributed by atoms with Crippen molar-refractivity contribution in [1.29, 1.82) is 0 Å². The fourth-order valence-electron chi connectivity index (χ4n) is 1.98. The molecule has 0 heterocycles. The zero-order chi connectivity index (χ0) is 15.2. The van der Waals surface area contributed by atoms with E-state index in [1.165, 1.54) is 11.1 Å². The summed E-state index contributed by atoms with van der Waals surface area (Å²) in [6, 6.07) is 16.5. The van der Waals surface area contributed by atoms with E-state index in [0.717, 1.165) is 17.8 Å². The Bertz CT molecular complexity index is 586. The lowest BCUT2D eigenvalue weighted by atomic mass is 10.1. The Balaban J connectivity index is 1.90. The van der Waals surface area contributed by atoms with Crippen molar-refractivity contribution in [2.45, 2.75) is 19.9 Å². The van der Waals surface area contributed by atoms with Gasteiger partial charge in [-0.1, -0.05) is 42.0 Å². The van der Waals surface area contributed by atoms with Gasteiger partial charge in [-0.15, -0.1) is 0 Å². The average Bonchev–Trinajstić information content (AvgIpc) is 2.48. The van der Waals surface area contributed by atoms with Crippen LogP contribution in [0.15, 0.2) is 48.5 Å². The van der Waals surface area contributed by atoms with Crippen molar-refractivity contribution in [3.63, 3.8) is 0 Å². The van der Waals surface area contributed by atoms with Gasteiger partial charge in [0.2, 0.25) is 5.91 Å². The van der Waals surface area contributed by atoms with Gasteiger partial charge in [0.05, 0.1) is 6.42 Å². The van der Waals surface area contributed by atoms with Gasteiger partial charge in [0, 0.05) is 26.3 Å². The van der Waals surface area contributed by atoms with Crippen LogP contribution in [0.4, 0.5) is 5.69 Å². The predicted octanol–water partition coefficient (Wildman–Crippen LogP) is 3.24. The maximum Gasteiger partial charge on any atom is 0.226 e. The molecule has 0 bridgehead atoms. The van der Waals surface area contributed by atoms with Crippen molar-refractivity contribution < 1.29 is 4.79 Å². The molecule has 2 aromatic carbocycles. The molecule has 0 radical (unpaired) electrons. The number of likely N-dealkylation sites (N-methyl/N-ethyl adjacent to an activating group) is 1. The number of rotatable bonds is 5. The van der Waals surface area contributed by atoms with E-state index in [0.29, 0.717) is 6.42 Å². The third-order valence-electron chi connectivity index (χ3n) is 3.43. The monoisotopic (exact) mass is 282 g/mol. The molecule has 0 aliphatic carbocycles. The van der Waals surface area contributed by atoms with E-state index >= 15 is 0 Å². The lowest BCUT2D eigenvalue weighted by Gasteiger charge is -2.11. The van der Waals surface area contributed by atoms with Crippen LogP contribution < -0.4 is 5.32 Å². The first-order chi connectivity index (χ1) is 10.0. The highest BCUT2D eigenvalue weighted by molar-refractivity contribution is 5.78. The van der Waals surface area contributed by atoms with Gasteiger partial charge in [-0.05, 0) is 30.2 Å². The second-order valence-corrected chi connectivity index (χ2v) is 5.50. The summed E-state index contributed by atoms with van der Waals surface area (Å²) in [6.07, 6.45) is 0.450. The molecule has 1 amide bonds. The molecular formula is C18H22N2O. The Morgan fingerprint density at radius 1 is 0.952 bits per heavy atom. The summed E-state index contributed by atoms with van der Waals surface area (Å²) in [5, 5.41) is 3.39. The molecule has 0 fully saturated rings. The van der Waals surface area contributed by atoms with Gasteiger partial charge in [0.25, 0.3) is 0 Å². The van der Waals surface area contributed by atoms with Crippen LogP contribution in [-0.4, -0.2) is 24.9 Å². The molecule has 3 nitrogen and oxygen atoms in total. The molecule has 21 heavy (non-hydrogen) atoms. The number of amides is 1. The fourth-order valence-corrected chi connectivity index (χ4v) is 1.98. The fraction of sp³-hybridized carbons (Fsp3) is 0.278. The van der Waals surface area contributed by atoms with Gasteiger partial charge in [-0.3, -0.25) is 4.79 Å². The molecule has 3 heteroatoms. The van der Waals surface area contributed by atoms with E-state index in [1.807, 2.05) is 24.3 Å². The number of hydrogen-bond donors (Lipinski definition) is 1. The standard InChI is InChI=1S/C18H22N2O/c1-14-4-6-16(7-5-14)13-19-17-10-8-15(9-11-17)12-18(21)20(2)3/h4-11,19H,12-13H2,1-3H3. The topological polar surface area (TPSA) is 32.3 Å². The SMILES string of the molecule is Cc1ccc(CNc2ccc(CC(=O)N(C)C)cc2)cc1. The molecule has 2 rings (SSSR count). The van der Waals surface area contributed by atoms with Crippen LogP contribution in [0, 0.1) is 6.92 Å². The molecule has 0 aliphatic rings. The molecule has 110 valence electrons. The number of aryl methyl sites for hydroxylation is 1. The van der Waals surface area contributed by atoms with Gasteiger partial charge in [-0.2, -0.15) is 0 Å². The highest BCUT2D eigenvalue weighted by Crippen LogP contribution is 2.12. The first-order valence-electron chi connectivity index (χ1n) is 7.13. The molecule has 0 saturated carbocycles. The maximum atomic E-state index is 11.6. The first-order valence-corrected chi connectivity index (χ1v) is 7.13. The van der Waals surface area contributed by atoms with Crippen LogP contribution in [0.1, 0.15) is 16.7 Å². The van der Waals surface area contributed by atoms with Crippen molar-refractivity contribution in [2.24, 2.45) is 0 Å². The van der Waals surface area contributed by atoms with Gasteiger partial charge in [0.1, 0.15) is 0 Å². The Kier molecular flexibility index (Phi) is 4.99. The zero-order valence-electron chi connectivity index (χ0n) is 12.9. The second-order valence-electron chi connectivity index (χ2n) is 5.50. The molecule has 0 saturated heterocycles. The van der Waals surface area contributed by atoms with Gasteiger partial charge in [0.15, 0.2) is 0 Å². The summed E-state index contributed by atoms with van der Waals surface area (Å²) in [7, 11) is 3.56. The van der Waals surface area contributed by atoms with Gasteiger partial charge >= 0.3 is 0 Å². The molecule has 1 N–H and O–H groups in total. The van der Waals surface area contributed by atoms with Crippen molar-refractivity contribution >= 4 is 11.6 Å². The molecule has 0 aliphatic heterocycles. The lowest BCUT2D eigenvalue weighted by molar-refractivity contribution is -0.127. The van der Waals surface area contributed by atoms with E-state index < -0.39 is 0 Å². The number of carbonyl (C=O) groups excluding carboxylic acids is 1. The van der Waals surface area contributed by atoms with E-state index in [9.17, 15) is 4.79 Å². The third kappa shape index (κ3) is 4.63. The van der Waals surface area contributed by atoms with Crippen LogP contribution in [0.5, 0.6) is 0 Å². The van der Waals surface area contributed by atoms with Crippen LogP contribution in [0.2, 0.25) is 0 Å².